The maximum atomic E-state index is 12.3. The summed E-state index contributed by atoms with van der Waals surface area (Å²) in [5.74, 6) is 1.99. The van der Waals surface area contributed by atoms with E-state index in [-0.39, 0.29) is 11.9 Å². The number of ether oxygens (including phenoxy) is 2. The monoisotopic (exact) mass is 504 g/mol. The molecule has 0 spiro atoms. The van der Waals surface area contributed by atoms with E-state index < -0.39 is 0 Å². The molecular formula is C26H28N6O3S. The highest BCUT2D eigenvalue weighted by Gasteiger charge is 2.30. The number of amides is 1. The number of nitrogens with zero attached hydrogens (tertiary/aromatic N) is 3. The zero-order valence-electron chi connectivity index (χ0n) is 20.0. The van der Waals surface area contributed by atoms with E-state index in [1.165, 1.54) is 0 Å². The van der Waals surface area contributed by atoms with Crippen molar-refractivity contribution in [1.29, 1.82) is 0 Å². The van der Waals surface area contributed by atoms with E-state index in [1.54, 1.807) is 18.9 Å². The highest BCUT2D eigenvalue weighted by Crippen LogP contribution is 2.42. The summed E-state index contributed by atoms with van der Waals surface area (Å²) in [5.41, 5.74) is 3.58. The van der Waals surface area contributed by atoms with Crippen LogP contribution >= 0.6 is 11.8 Å². The minimum absolute atomic E-state index is 0.00650. The fourth-order valence-corrected chi connectivity index (χ4v) is 5.31. The number of aliphatic imine (C=N–C) groups is 1. The molecule has 10 heteroatoms. The summed E-state index contributed by atoms with van der Waals surface area (Å²) in [7, 11) is 1.62. The maximum absolute atomic E-state index is 12.3. The van der Waals surface area contributed by atoms with Gasteiger partial charge < -0.3 is 30.3 Å². The van der Waals surface area contributed by atoms with Crippen LogP contribution in [0.25, 0.3) is 5.57 Å². The molecule has 2 aromatic rings. The Labute approximate surface area is 214 Å². The largest absolute Gasteiger partial charge is 0.479 e. The van der Waals surface area contributed by atoms with Crippen LogP contribution in [0.2, 0.25) is 0 Å². The second-order valence-corrected chi connectivity index (χ2v) is 9.98. The van der Waals surface area contributed by atoms with Gasteiger partial charge >= 0.3 is 0 Å². The van der Waals surface area contributed by atoms with Crippen LogP contribution in [-0.2, 0) is 4.74 Å². The number of pyridine rings is 1. The van der Waals surface area contributed by atoms with Gasteiger partial charge in [-0.3, -0.25) is 4.79 Å². The van der Waals surface area contributed by atoms with Crippen molar-refractivity contribution in [3.8, 4) is 5.88 Å². The van der Waals surface area contributed by atoms with Gasteiger partial charge in [0.2, 0.25) is 11.8 Å². The highest BCUT2D eigenvalue weighted by molar-refractivity contribution is 8.06. The number of thioether (sulfide) groups is 1. The van der Waals surface area contributed by atoms with Gasteiger partial charge in [0.25, 0.3) is 5.91 Å². The summed E-state index contributed by atoms with van der Waals surface area (Å²) in [6, 6.07) is 11.9. The van der Waals surface area contributed by atoms with Crippen molar-refractivity contribution in [2.75, 3.05) is 43.6 Å². The van der Waals surface area contributed by atoms with Crippen LogP contribution in [0, 0.1) is 0 Å². The van der Waals surface area contributed by atoms with Gasteiger partial charge in [-0.05, 0) is 53.7 Å². The molecule has 1 unspecified atom stereocenters. The number of benzene rings is 1. The van der Waals surface area contributed by atoms with E-state index >= 15 is 0 Å². The molecule has 4 heterocycles. The van der Waals surface area contributed by atoms with E-state index in [1.807, 2.05) is 42.6 Å². The molecule has 1 amide bonds. The number of nitrogens with one attached hydrogen (secondary N) is 3. The first-order valence-corrected chi connectivity index (χ1v) is 13.0. The van der Waals surface area contributed by atoms with Crippen molar-refractivity contribution in [3.05, 3.63) is 64.0 Å². The van der Waals surface area contributed by atoms with E-state index in [2.05, 4.69) is 26.3 Å². The standard InChI is InChI=1S/C26H28N6O3S/c1-34-25-20(8-9-22(30-25)32-10-12-35-13-11-32)29-26-27-14-21-23(31-26)19(15-36-21)16-2-4-17(5-3-16)24(33)28-18-6-7-18/h2-5,8-9,14-15,18,23H,6-7,10-13H2,1H3,(H,28,33)(H2,27,29,31). The molecule has 3 N–H and O–H groups in total. The summed E-state index contributed by atoms with van der Waals surface area (Å²) >= 11 is 1.66. The van der Waals surface area contributed by atoms with Crippen molar-refractivity contribution in [3.63, 3.8) is 0 Å². The van der Waals surface area contributed by atoms with Crippen LogP contribution in [-0.4, -0.2) is 62.3 Å². The molecule has 4 aliphatic rings. The van der Waals surface area contributed by atoms with Crippen LogP contribution in [0.1, 0.15) is 28.8 Å². The fraction of sp³-hybridized carbons (Fsp3) is 0.346. The predicted octanol–water partition coefficient (Wildman–Crippen LogP) is 3.19. The quantitative estimate of drug-likeness (QED) is 0.552. The zero-order chi connectivity index (χ0) is 24.5. The van der Waals surface area contributed by atoms with Gasteiger partial charge in [0.05, 0.1) is 20.3 Å². The molecule has 1 saturated carbocycles. The molecule has 1 aliphatic carbocycles. The molecule has 186 valence electrons. The molecular weight excluding hydrogens is 476 g/mol. The second kappa shape index (κ2) is 9.87. The van der Waals surface area contributed by atoms with Crippen LogP contribution in [0.15, 0.2) is 57.9 Å². The molecule has 0 bridgehead atoms. The lowest BCUT2D eigenvalue weighted by molar-refractivity contribution is 0.0951. The fourth-order valence-electron chi connectivity index (χ4n) is 4.35. The molecule has 6 rings (SSSR count). The molecule has 36 heavy (non-hydrogen) atoms. The molecule has 1 aromatic heterocycles. The molecule has 9 nitrogen and oxygen atoms in total. The van der Waals surface area contributed by atoms with Gasteiger partial charge in [-0.1, -0.05) is 23.9 Å². The minimum Gasteiger partial charge on any atom is -0.479 e. The van der Waals surface area contributed by atoms with Crippen molar-refractivity contribution >= 4 is 40.7 Å². The number of fused-ring (bicyclic) bond motifs is 1. The van der Waals surface area contributed by atoms with Gasteiger partial charge in [0.1, 0.15) is 17.5 Å². The number of carbonyl (C=O) groups excluding carboxylic acids is 1. The molecule has 2 fully saturated rings. The van der Waals surface area contributed by atoms with Crippen LogP contribution in [0.3, 0.4) is 0 Å². The Kier molecular flexibility index (Phi) is 6.28. The number of rotatable bonds is 6. The predicted molar refractivity (Wildman–Crippen MR) is 142 cm³/mol. The summed E-state index contributed by atoms with van der Waals surface area (Å²) in [5, 5.41) is 11.7. The van der Waals surface area contributed by atoms with Gasteiger partial charge in [-0.2, -0.15) is 4.98 Å². The Morgan fingerprint density at radius 1 is 1.17 bits per heavy atom. The van der Waals surface area contributed by atoms with Crippen LogP contribution < -0.4 is 25.6 Å². The van der Waals surface area contributed by atoms with Crippen molar-refractivity contribution < 1.29 is 14.3 Å². The number of morpholine rings is 1. The third-order valence-electron chi connectivity index (χ3n) is 6.52. The molecule has 0 radical (unpaired) electrons. The van der Waals surface area contributed by atoms with E-state index in [4.69, 9.17) is 19.5 Å². The topological polar surface area (TPSA) is 100 Å². The lowest BCUT2D eigenvalue weighted by atomic mass is 9.98. The van der Waals surface area contributed by atoms with Gasteiger partial charge in [-0.15, -0.1) is 0 Å². The smallest absolute Gasteiger partial charge is 0.251 e. The Balaban J connectivity index is 1.17. The summed E-state index contributed by atoms with van der Waals surface area (Å²) in [4.78, 5) is 25.3. The number of methoxy groups -OCH3 is 1. The number of carbonyl (C=O) groups is 1. The summed E-state index contributed by atoms with van der Waals surface area (Å²) < 4.78 is 11.0. The third-order valence-corrected chi connectivity index (χ3v) is 7.50. The average Bonchev–Trinajstić information content (AvgIpc) is 3.65. The molecule has 3 aliphatic heterocycles. The number of hydrogen-bond donors (Lipinski definition) is 3. The van der Waals surface area contributed by atoms with Crippen molar-refractivity contribution in [2.24, 2.45) is 4.99 Å². The van der Waals surface area contributed by atoms with Crippen molar-refractivity contribution in [2.45, 2.75) is 24.9 Å². The lowest BCUT2D eigenvalue weighted by Gasteiger charge is -2.28. The van der Waals surface area contributed by atoms with E-state index in [0.29, 0.717) is 36.7 Å². The van der Waals surface area contributed by atoms with Crippen LogP contribution in [0.4, 0.5) is 11.5 Å². The maximum Gasteiger partial charge on any atom is 0.251 e. The van der Waals surface area contributed by atoms with Crippen LogP contribution in [0.5, 0.6) is 5.88 Å². The number of anilines is 2. The number of guanidine groups is 1. The Hall–Kier alpha value is -3.50. The molecule has 1 saturated heterocycles. The van der Waals surface area contributed by atoms with Gasteiger partial charge in [0, 0.05) is 35.8 Å². The lowest BCUT2D eigenvalue weighted by Crippen LogP contribution is -2.37. The van der Waals surface area contributed by atoms with Gasteiger partial charge in [-0.25, -0.2) is 4.99 Å². The first kappa shape index (κ1) is 22.9. The SMILES string of the molecule is COc1nc(N2CCOCC2)ccc1NC1=NC2C(=CN1)SC=C2c1ccc(C(=O)NC2CC2)cc1. The Bertz CT molecular complexity index is 1250. The Morgan fingerprint density at radius 3 is 2.72 bits per heavy atom. The zero-order valence-corrected chi connectivity index (χ0v) is 20.8. The van der Waals surface area contributed by atoms with Gasteiger partial charge in [0.15, 0.2) is 0 Å². The number of hydrogen-bond acceptors (Lipinski definition) is 9. The average molecular weight is 505 g/mol. The minimum atomic E-state index is -0.114. The third kappa shape index (κ3) is 4.78. The van der Waals surface area contributed by atoms with E-state index in [0.717, 1.165) is 53.5 Å². The van der Waals surface area contributed by atoms with Crippen molar-refractivity contribution in [1.82, 2.24) is 15.6 Å². The number of aromatic nitrogens is 1. The van der Waals surface area contributed by atoms with E-state index in [9.17, 15) is 4.79 Å². The molecule has 1 aromatic carbocycles. The Morgan fingerprint density at radius 2 is 1.97 bits per heavy atom. The summed E-state index contributed by atoms with van der Waals surface area (Å²) in [6.45, 7) is 3.02. The highest BCUT2D eigenvalue weighted by atomic mass is 32.2. The second-order valence-electron chi connectivity index (χ2n) is 9.04. The first-order valence-electron chi connectivity index (χ1n) is 12.1. The molecule has 1 atom stereocenters. The summed E-state index contributed by atoms with van der Waals surface area (Å²) in [6.07, 6.45) is 4.13. The normalized spacial score (nSPS) is 21.0. The first-order chi connectivity index (χ1) is 17.7.